The number of amides is 1. The van der Waals surface area contributed by atoms with Crippen molar-refractivity contribution in [1.82, 2.24) is 14.9 Å². The fraction of sp³-hybridized carbons (Fsp3) is 0.412. The van der Waals surface area contributed by atoms with Crippen molar-refractivity contribution in [1.29, 1.82) is 0 Å². The standard InChI is InChI=1S/C19H21N5O2.C12H18N2OS.C2H6.CH4O/c1-23-6-8-24(9-7-23)14-2-3-16(18(20)25)17(11-14)26-15-10-13-4-5-21-19(13)22-12-15;13-11-7-10(16)1-2-12(11)14-8-9-3-5-15-6-4-9;2*1-2/h2-5,10-12H,6-9H2,1H3,(H2,20,25)(H,21,22);1-2,7,9,14,16H,3-6,8,13H2;1-2H3;2H,1H3. The molecule has 2 fully saturated rings. The molecule has 2 saturated heterocycles. The molecule has 11 nitrogen and oxygen atoms in total. The predicted molar refractivity (Wildman–Crippen MR) is 190 cm³/mol. The van der Waals surface area contributed by atoms with Crippen molar-refractivity contribution in [3.63, 3.8) is 0 Å². The number of H-pyrrole nitrogens is 1. The molecule has 0 saturated carbocycles. The molecule has 0 bridgehead atoms. The number of likely N-dealkylation sites (N-methyl/N-ethyl adjacent to an activating group) is 1. The Labute approximate surface area is 277 Å². The molecule has 0 atom stereocenters. The van der Waals surface area contributed by atoms with Crippen molar-refractivity contribution in [3.05, 3.63) is 66.5 Å². The van der Waals surface area contributed by atoms with Gasteiger partial charge in [-0.15, -0.1) is 12.6 Å². The number of aromatic amines is 1. The number of hydrogen-bond donors (Lipinski definition) is 6. The molecule has 46 heavy (non-hydrogen) atoms. The summed E-state index contributed by atoms with van der Waals surface area (Å²) in [6.45, 7) is 10.6. The molecule has 2 aliphatic heterocycles. The number of hydrogen-bond acceptors (Lipinski definition) is 10. The molecule has 7 N–H and O–H groups in total. The maximum atomic E-state index is 11.8. The maximum Gasteiger partial charge on any atom is 0.252 e. The van der Waals surface area contributed by atoms with Crippen LogP contribution in [0.15, 0.2) is 65.8 Å². The zero-order chi connectivity index (χ0) is 33.5. The van der Waals surface area contributed by atoms with Crippen molar-refractivity contribution in [2.75, 3.05) is 76.0 Å². The first-order chi connectivity index (χ1) is 22.4. The number of pyridine rings is 1. The van der Waals surface area contributed by atoms with Gasteiger partial charge in [0.05, 0.1) is 23.1 Å². The summed E-state index contributed by atoms with van der Waals surface area (Å²) in [7, 11) is 3.12. The third kappa shape index (κ3) is 10.5. The SMILES string of the molecule is CC.CN1CCN(c2ccc(C(N)=O)c(Oc3cnc4[nH]ccc4c3)c2)CC1.CO.Nc1cc(S)ccc1NCC1CCOCC1. The van der Waals surface area contributed by atoms with Gasteiger partial charge in [0.1, 0.15) is 17.1 Å². The monoisotopic (exact) mass is 651 g/mol. The Bertz CT molecular complexity index is 1500. The number of piperazine rings is 1. The number of nitrogens with two attached hydrogens (primary N) is 2. The second kappa shape index (κ2) is 18.9. The minimum Gasteiger partial charge on any atom is -0.455 e. The smallest absolute Gasteiger partial charge is 0.252 e. The Morgan fingerprint density at radius 1 is 1.09 bits per heavy atom. The summed E-state index contributed by atoms with van der Waals surface area (Å²) < 4.78 is 11.3. The van der Waals surface area contributed by atoms with Crippen molar-refractivity contribution in [3.8, 4) is 11.5 Å². The highest BCUT2D eigenvalue weighted by Crippen LogP contribution is 2.31. The van der Waals surface area contributed by atoms with E-state index in [4.69, 9.17) is 26.0 Å². The van der Waals surface area contributed by atoms with E-state index < -0.39 is 5.91 Å². The molecule has 6 rings (SSSR count). The van der Waals surface area contributed by atoms with Crippen LogP contribution in [-0.2, 0) is 4.74 Å². The Kier molecular flexibility index (Phi) is 15.0. The molecule has 0 radical (unpaired) electrons. The molecule has 12 heteroatoms. The van der Waals surface area contributed by atoms with E-state index in [-0.39, 0.29) is 0 Å². The van der Waals surface area contributed by atoms with Crippen molar-refractivity contribution in [2.24, 2.45) is 11.7 Å². The van der Waals surface area contributed by atoms with Crippen LogP contribution < -0.4 is 26.4 Å². The number of thiol groups is 1. The van der Waals surface area contributed by atoms with Gasteiger partial charge < -0.3 is 46.1 Å². The number of rotatable bonds is 7. The number of ether oxygens (including phenoxy) is 2. The zero-order valence-corrected chi connectivity index (χ0v) is 28.2. The zero-order valence-electron chi connectivity index (χ0n) is 27.3. The highest BCUT2D eigenvalue weighted by atomic mass is 32.1. The number of primary amides is 1. The number of nitrogens with zero attached hydrogens (tertiary/aromatic N) is 3. The number of aliphatic hydroxyl groups is 1. The highest BCUT2D eigenvalue weighted by Gasteiger charge is 2.18. The van der Waals surface area contributed by atoms with E-state index >= 15 is 0 Å². The van der Waals surface area contributed by atoms with E-state index in [0.717, 1.165) is 98.9 Å². The topological polar surface area (TPSA) is 155 Å². The first-order valence-electron chi connectivity index (χ1n) is 15.7. The van der Waals surface area contributed by atoms with Gasteiger partial charge in [0.25, 0.3) is 5.91 Å². The number of carbonyl (C=O) groups excluding carboxylic acids is 1. The second-order valence-corrected chi connectivity index (χ2v) is 11.2. The van der Waals surface area contributed by atoms with Crippen LogP contribution in [-0.4, -0.2) is 86.0 Å². The van der Waals surface area contributed by atoms with E-state index in [0.29, 0.717) is 23.0 Å². The van der Waals surface area contributed by atoms with Crippen molar-refractivity contribution < 1.29 is 19.4 Å². The number of fused-ring (bicyclic) bond motifs is 1. The van der Waals surface area contributed by atoms with Gasteiger partial charge in [-0.25, -0.2) is 4.98 Å². The van der Waals surface area contributed by atoms with E-state index in [2.05, 4.69) is 44.8 Å². The maximum absolute atomic E-state index is 11.8. The van der Waals surface area contributed by atoms with Crippen LogP contribution in [0, 0.1) is 5.92 Å². The molecular formula is C34H49N7O4S. The number of benzene rings is 2. The summed E-state index contributed by atoms with van der Waals surface area (Å²) in [5.74, 6) is 1.20. The molecule has 4 heterocycles. The minimum absolute atomic E-state index is 0.358. The Hall–Kier alpha value is -3.97. The molecule has 1 amide bonds. The van der Waals surface area contributed by atoms with Crippen LogP contribution in [0.1, 0.15) is 37.0 Å². The molecule has 0 unspecified atom stereocenters. The van der Waals surface area contributed by atoms with Crippen LogP contribution in [0.3, 0.4) is 0 Å². The summed E-state index contributed by atoms with van der Waals surface area (Å²) in [4.78, 5) is 24.7. The number of aliphatic hydroxyl groups excluding tert-OH is 1. The van der Waals surface area contributed by atoms with E-state index in [1.54, 1.807) is 12.3 Å². The minimum atomic E-state index is -0.513. The number of carbonyl (C=O) groups is 1. The summed E-state index contributed by atoms with van der Waals surface area (Å²) in [6, 6.07) is 15.1. The average molecular weight is 652 g/mol. The van der Waals surface area contributed by atoms with Gasteiger partial charge in [-0.3, -0.25) is 4.79 Å². The molecule has 0 aliphatic carbocycles. The Morgan fingerprint density at radius 2 is 1.80 bits per heavy atom. The normalized spacial score (nSPS) is 15.0. The van der Waals surface area contributed by atoms with Gasteiger partial charge in [0.2, 0.25) is 0 Å². The Morgan fingerprint density at radius 3 is 2.48 bits per heavy atom. The lowest BCUT2D eigenvalue weighted by Gasteiger charge is -2.34. The highest BCUT2D eigenvalue weighted by molar-refractivity contribution is 7.80. The lowest BCUT2D eigenvalue weighted by atomic mass is 10.0. The van der Waals surface area contributed by atoms with E-state index in [9.17, 15) is 4.79 Å². The largest absolute Gasteiger partial charge is 0.455 e. The van der Waals surface area contributed by atoms with Gasteiger partial charge in [-0.1, -0.05) is 13.8 Å². The lowest BCUT2D eigenvalue weighted by Crippen LogP contribution is -2.44. The number of aromatic nitrogens is 2. The first kappa shape index (κ1) is 36.5. The molecule has 2 aromatic heterocycles. The second-order valence-electron chi connectivity index (χ2n) is 10.7. The molecule has 2 aromatic carbocycles. The third-order valence-corrected chi connectivity index (χ3v) is 7.94. The van der Waals surface area contributed by atoms with Crippen LogP contribution >= 0.6 is 12.6 Å². The molecule has 0 spiro atoms. The molecular weight excluding hydrogens is 602 g/mol. The fourth-order valence-electron chi connectivity index (χ4n) is 5.08. The number of nitrogens with one attached hydrogen (secondary N) is 2. The quantitative estimate of drug-likeness (QED) is 0.116. The predicted octanol–water partition coefficient (Wildman–Crippen LogP) is 5.24. The van der Waals surface area contributed by atoms with Crippen LogP contribution in [0.2, 0.25) is 0 Å². The number of anilines is 3. The fourth-order valence-corrected chi connectivity index (χ4v) is 5.29. The van der Waals surface area contributed by atoms with Gasteiger partial charge >= 0.3 is 0 Å². The molecule has 250 valence electrons. The van der Waals surface area contributed by atoms with Gasteiger partial charge in [0.15, 0.2) is 0 Å². The molecule has 4 aromatic rings. The van der Waals surface area contributed by atoms with Gasteiger partial charge in [-0.05, 0) is 68.3 Å². The molecule has 2 aliphatic rings. The summed E-state index contributed by atoms with van der Waals surface area (Å²) in [5.41, 5.74) is 15.4. The summed E-state index contributed by atoms with van der Waals surface area (Å²) in [6.07, 6.45) is 5.73. The van der Waals surface area contributed by atoms with Crippen molar-refractivity contribution in [2.45, 2.75) is 31.6 Å². The van der Waals surface area contributed by atoms with Gasteiger partial charge in [-0.2, -0.15) is 0 Å². The van der Waals surface area contributed by atoms with Crippen LogP contribution in [0.5, 0.6) is 11.5 Å². The number of nitrogen functional groups attached to an aromatic ring is 1. The van der Waals surface area contributed by atoms with Crippen LogP contribution in [0.4, 0.5) is 17.1 Å². The van der Waals surface area contributed by atoms with E-state index in [1.807, 2.05) is 62.5 Å². The summed E-state index contributed by atoms with van der Waals surface area (Å²) in [5, 5.41) is 11.3. The Balaban J connectivity index is 0.000000247. The third-order valence-electron chi connectivity index (χ3n) is 7.66. The van der Waals surface area contributed by atoms with Crippen molar-refractivity contribution >= 4 is 46.6 Å². The van der Waals surface area contributed by atoms with Crippen LogP contribution in [0.25, 0.3) is 11.0 Å². The first-order valence-corrected chi connectivity index (χ1v) is 16.1. The summed E-state index contributed by atoms with van der Waals surface area (Å²) >= 11 is 4.25. The van der Waals surface area contributed by atoms with E-state index in [1.165, 1.54) is 0 Å². The average Bonchev–Trinajstić information content (AvgIpc) is 3.55. The lowest BCUT2D eigenvalue weighted by molar-refractivity contribution is 0.0699. The van der Waals surface area contributed by atoms with Gasteiger partial charge in [0, 0.05) is 81.3 Å².